The van der Waals surface area contributed by atoms with Crippen LogP contribution in [0.15, 0.2) is 24.3 Å². The van der Waals surface area contributed by atoms with Gasteiger partial charge in [-0.25, -0.2) is 9.78 Å². The number of piperazine rings is 1. The average Bonchev–Trinajstić information content (AvgIpc) is 3.34. The average molecular weight is 416 g/mol. The molecule has 154 valence electrons. The van der Waals surface area contributed by atoms with Gasteiger partial charge in [0.1, 0.15) is 5.75 Å². The number of ether oxygens (including phenoxy) is 1. The minimum atomic E-state index is -0.248. The number of aryl methyl sites for hydroxylation is 2. The van der Waals surface area contributed by atoms with Gasteiger partial charge in [0, 0.05) is 36.7 Å². The Kier molecular flexibility index (Phi) is 5.84. The first-order valence-corrected chi connectivity index (χ1v) is 10.6. The number of anilines is 2. The molecule has 1 aromatic heterocycles. The summed E-state index contributed by atoms with van der Waals surface area (Å²) < 4.78 is 5.19. The van der Waals surface area contributed by atoms with Gasteiger partial charge in [-0.05, 0) is 43.5 Å². The van der Waals surface area contributed by atoms with Crippen molar-refractivity contribution in [1.29, 1.82) is 0 Å². The fourth-order valence-electron chi connectivity index (χ4n) is 3.64. The number of rotatable bonds is 5. The Morgan fingerprint density at radius 1 is 1.14 bits per heavy atom. The standard InChI is InChI=1S/C20H25N5O3S/c1-28-15-7-5-14(6-8-15)24-9-11-25(12-10-24)20(27)21-13-18(26)23-19-22-16-3-2-4-17(16)29-19/h5-8H,2-4,9-13H2,1H3,(H,21,27)(H,22,23,26). The molecule has 2 aliphatic rings. The van der Waals surface area contributed by atoms with Crippen LogP contribution in [0.2, 0.25) is 0 Å². The van der Waals surface area contributed by atoms with E-state index >= 15 is 0 Å². The number of urea groups is 1. The number of hydrogen-bond acceptors (Lipinski definition) is 6. The molecule has 29 heavy (non-hydrogen) atoms. The van der Waals surface area contributed by atoms with Crippen LogP contribution in [0.4, 0.5) is 15.6 Å². The fourth-order valence-corrected chi connectivity index (χ4v) is 4.70. The zero-order valence-corrected chi connectivity index (χ0v) is 17.3. The molecule has 2 aromatic rings. The van der Waals surface area contributed by atoms with Crippen molar-refractivity contribution in [2.75, 3.05) is 50.1 Å². The topological polar surface area (TPSA) is 86.8 Å². The van der Waals surface area contributed by atoms with E-state index in [2.05, 4.69) is 20.5 Å². The molecule has 8 nitrogen and oxygen atoms in total. The Labute approximate surface area is 173 Å². The van der Waals surface area contributed by atoms with E-state index in [9.17, 15) is 9.59 Å². The predicted molar refractivity (Wildman–Crippen MR) is 113 cm³/mol. The number of nitrogens with one attached hydrogen (secondary N) is 2. The van der Waals surface area contributed by atoms with Gasteiger partial charge in [-0.3, -0.25) is 4.79 Å². The third-order valence-corrected chi connectivity index (χ3v) is 6.32. The van der Waals surface area contributed by atoms with Crippen LogP contribution in [-0.4, -0.2) is 61.7 Å². The molecule has 2 N–H and O–H groups in total. The van der Waals surface area contributed by atoms with Crippen LogP contribution in [-0.2, 0) is 17.6 Å². The molecule has 0 spiro atoms. The second kappa shape index (κ2) is 8.69. The molecule has 4 rings (SSSR count). The highest BCUT2D eigenvalue weighted by Crippen LogP contribution is 2.30. The van der Waals surface area contributed by atoms with Gasteiger partial charge >= 0.3 is 6.03 Å². The second-order valence-electron chi connectivity index (χ2n) is 7.12. The third-order valence-electron chi connectivity index (χ3n) is 5.25. The van der Waals surface area contributed by atoms with Gasteiger partial charge in [-0.1, -0.05) is 0 Å². The number of carbonyl (C=O) groups excluding carboxylic acids is 2. The molecule has 1 fully saturated rings. The highest BCUT2D eigenvalue weighted by Gasteiger charge is 2.22. The number of carbonyl (C=O) groups is 2. The van der Waals surface area contributed by atoms with Crippen molar-refractivity contribution in [2.45, 2.75) is 19.3 Å². The maximum absolute atomic E-state index is 12.4. The predicted octanol–water partition coefficient (Wildman–Crippen LogP) is 2.11. The van der Waals surface area contributed by atoms with Gasteiger partial charge < -0.3 is 25.2 Å². The van der Waals surface area contributed by atoms with Crippen molar-refractivity contribution in [3.05, 3.63) is 34.8 Å². The van der Waals surface area contributed by atoms with Crippen molar-refractivity contribution in [1.82, 2.24) is 15.2 Å². The molecule has 0 bridgehead atoms. The lowest BCUT2D eigenvalue weighted by molar-refractivity contribution is -0.115. The molecular weight excluding hydrogens is 390 g/mol. The van der Waals surface area contributed by atoms with Gasteiger partial charge in [0.2, 0.25) is 5.91 Å². The largest absolute Gasteiger partial charge is 0.497 e. The highest BCUT2D eigenvalue weighted by molar-refractivity contribution is 7.15. The quantitative estimate of drug-likeness (QED) is 0.781. The summed E-state index contributed by atoms with van der Waals surface area (Å²) >= 11 is 1.53. The van der Waals surface area contributed by atoms with Gasteiger partial charge in [-0.15, -0.1) is 11.3 Å². The zero-order chi connectivity index (χ0) is 20.2. The SMILES string of the molecule is COc1ccc(N2CCN(C(=O)NCC(=O)Nc3nc4c(s3)CCC4)CC2)cc1. The number of aromatic nitrogens is 1. The first kappa shape index (κ1) is 19.5. The first-order chi connectivity index (χ1) is 14.1. The molecule has 2 heterocycles. The van der Waals surface area contributed by atoms with Crippen LogP contribution in [0, 0.1) is 0 Å². The molecule has 0 saturated carbocycles. The van der Waals surface area contributed by atoms with E-state index in [-0.39, 0.29) is 18.5 Å². The van der Waals surface area contributed by atoms with Crippen LogP contribution >= 0.6 is 11.3 Å². The van der Waals surface area contributed by atoms with E-state index in [1.165, 1.54) is 16.2 Å². The third kappa shape index (κ3) is 4.61. The molecule has 3 amide bonds. The highest BCUT2D eigenvalue weighted by atomic mass is 32.1. The number of fused-ring (bicyclic) bond motifs is 1. The fraction of sp³-hybridized carbons (Fsp3) is 0.450. The summed E-state index contributed by atoms with van der Waals surface area (Å²) in [6.45, 7) is 2.66. The van der Waals surface area contributed by atoms with Gasteiger partial charge in [0.15, 0.2) is 5.13 Å². The second-order valence-corrected chi connectivity index (χ2v) is 8.21. The summed E-state index contributed by atoms with van der Waals surface area (Å²) in [6, 6.07) is 7.70. The minimum Gasteiger partial charge on any atom is -0.497 e. The Bertz CT molecular complexity index is 853. The van der Waals surface area contributed by atoms with Crippen molar-refractivity contribution in [3.8, 4) is 5.75 Å². The molecule has 0 radical (unpaired) electrons. The summed E-state index contributed by atoms with van der Waals surface area (Å²) in [5, 5.41) is 6.12. The number of thiazole rings is 1. The molecule has 9 heteroatoms. The lowest BCUT2D eigenvalue weighted by Crippen LogP contribution is -2.52. The van der Waals surface area contributed by atoms with Crippen molar-refractivity contribution in [2.24, 2.45) is 0 Å². The summed E-state index contributed by atoms with van der Waals surface area (Å²) in [7, 11) is 1.65. The Morgan fingerprint density at radius 3 is 2.59 bits per heavy atom. The lowest BCUT2D eigenvalue weighted by atomic mass is 10.2. The molecule has 1 aliphatic heterocycles. The molecule has 1 saturated heterocycles. The first-order valence-electron chi connectivity index (χ1n) is 9.82. The summed E-state index contributed by atoms with van der Waals surface area (Å²) in [6.07, 6.45) is 3.17. The van der Waals surface area contributed by atoms with Crippen LogP contribution in [0.3, 0.4) is 0 Å². The summed E-state index contributed by atoms with van der Waals surface area (Å²) in [5.41, 5.74) is 2.21. The monoisotopic (exact) mass is 415 g/mol. The van der Waals surface area contributed by atoms with Gasteiger partial charge in [0.05, 0.1) is 19.3 Å². The van der Waals surface area contributed by atoms with E-state index in [1.54, 1.807) is 12.0 Å². The Morgan fingerprint density at radius 2 is 1.90 bits per heavy atom. The molecular formula is C20H25N5O3S. The summed E-state index contributed by atoms with van der Waals surface area (Å²) in [5.74, 6) is 0.579. The van der Waals surface area contributed by atoms with E-state index in [0.717, 1.165) is 49.5 Å². The number of benzene rings is 1. The van der Waals surface area contributed by atoms with Crippen molar-refractivity contribution < 1.29 is 14.3 Å². The van der Waals surface area contributed by atoms with Crippen LogP contribution in [0.1, 0.15) is 17.0 Å². The smallest absolute Gasteiger partial charge is 0.317 e. The Balaban J connectivity index is 1.20. The minimum absolute atomic E-state index is 0.0538. The van der Waals surface area contributed by atoms with Gasteiger partial charge in [-0.2, -0.15) is 0 Å². The van der Waals surface area contributed by atoms with Crippen molar-refractivity contribution in [3.63, 3.8) is 0 Å². The zero-order valence-electron chi connectivity index (χ0n) is 16.4. The van der Waals surface area contributed by atoms with E-state index in [1.807, 2.05) is 24.3 Å². The molecule has 1 aromatic carbocycles. The number of amides is 3. The normalized spacial score (nSPS) is 15.8. The van der Waals surface area contributed by atoms with Crippen LogP contribution < -0.4 is 20.3 Å². The van der Waals surface area contributed by atoms with Crippen LogP contribution in [0.5, 0.6) is 5.75 Å². The van der Waals surface area contributed by atoms with E-state index in [4.69, 9.17) is 4.74 Å². The van der Waals surface area contributed by atoms with Crippen molar-refractivity contribution >= 4 is 34.1 Å². The maximum atomic E-state index is 12.4. The van der Waals surface area contributed by atoms with Gasteiger partial charge in [0.25, 0.3) is 0 Å². The number of hydrogen-bond donors (Lipinski definition) is 2. The van der Waals surface area contributed by atoms with Crippen LogP contribution in [0.25, 0.3) is 0 Å². The number of nitrogens with zero attached hydrogens (tertiary/aromatic N) is 3. The molecule has 0 atom stereocenters. The molecule has 0 unspecified atom stereocenters. The van der Waals surface area contributed by atoms with E-state index in [0.29, 0.717) is 18.2 Å². The van der Waals surface area contributed by atoms with E-state index < -0.39 is 0 Å². The number of methoxy groups -OCH3 is 1. The molecule has 1 aliphatic carbocycles. The maximum Gasteiger partial charge on any atom is 0.317 e. The lowest BCUT2D eigenvalue weighted by Gasteiger charge is -2.36. The Hall–Kier alpha value is -2.81. The summed E-state index contributed by atoms with van der Waals surface area (Å²) in [4.78, 5) is 34.2.